The zero-order valence-electron chi connectivity index (χ0n) is 11.5. The van der Waals surface area contributed by atoms with Crippen LogP contribution in [0.3, 0.4) is 0 Å². The third kappa shape index (κ3) is 3.35. The molecule has 4 heteroatoms. The largest absolute Gasteiger partial charge is 0.507 e. The first-order valence-electron chi connectivity index (χ1n) is 6.75. The summed E-state index contributed by atoms with van der Waals surface area (Å²) in [6.45, 7) is 2.03. The van der Waals surface area contributed by atoms with Gasteiger partial charge in [-0.05, 0) is 17.9 Å². The summed E-state index contributed by atoms with van der Waals surface area (Å²) in [5, 5.41) is 15.8. The molecule has 0 aromatic heterocycles. The van der Waals surface area contributed by atoms with Crippen LogP contribution >= 0.6 is 0 Å². The normalized spacial score (nSPS) is 11.1. The van der Waals surface area contributed by atoms with E-state index in [9.17, 15) is 9.90 Å². The molecular weight excluding hydrogens is 252 g/mol. The second-order valence-electron chi connectivity index (χ2n) is 4.62. The number of nitrogens with one attached hydrogen (secondary N) is 1. The maximum atomic E-state index is 11.4. The van der Waals surface area contributed by atoms with Gasteiger partial charge < -0.3 is 5.11 Å². The van der Waals surface area contributed by atoms with Crippen molar-refractivity contribution < 1.29 is 9.90 Å². The Morgan fingerprint density at radius 1 is 1.30 bits per heavy atom. The summed E-state index contributed by atoms with van der Waals surface area (Å²) in [5.74, 6) is 0.0676. The molecule has 4 nitrogen and oxygen atoms in total. The van der Waals surface area contributed by atoms with Gasteiger partial charge in [-0.2, -0.15) is 5.10 Å². The van der Waals surface area contributed by atoms with Crippen LogP contribution in [0.1, 0.15) is 31.7 Å². The SMILES string of the molecule is CCCCC(=O)NN=Cc1ccc2ccccc2c1O. The van der Waals surface area contributed by atoms with Crippen molar-refractivity contribution in [3.63, 3.8) is 0 Å². The Morgan fingerprint density at radius 2 is 2.10 bits per heavy atom. The van der Waals surface area contributed by atoms with E-state index >= 15 is 0 Å². The molecule has 0 aliphatic carbocycles. The summed E-state index contributed by atoms with van der Waals surface area (Å²) < 4.78 is 0. The zero-order chi connectivity index (χ0) is 14.4. The summed E-state index contributed by atoms with van der Waals surface area (Å²) in [5.41, 5.74) is 3.04. The van der Waals surface area contributed by atoms with E-state index in [1.807, 2.05) is 37.3 Å². The molecule has 2 aromatic rings. The molecule has 0 fully saturated rings. The number of hydrogen-bond acceptors (Lipinski definition) is 3. The summed E-state index contributed by atoms with van der Waals surface area (Å²) >= 11 is 0. The molecule has 0 aliphatic rings. The van der Waals surface area contributed by atoms with Gasteiger partial charge in [0.1, 0.15) is 5.75 Å². The third-order valence-electron chi connectivity index (χ3n) is 3.08. The summed E-state index contributed by atoms with van der Waals surface area (Å²) in [4.78, 5) is 11.4. The first-order valence-corrected chi connectivity index (χ1v) is 6.75. The van der Waals surface area contributed by atoms with Gasteiger partial charge in [0.2, 0.25) is 5.91 Å². The minimum atomic E-state index is -0.108. The lowest BCUT2D eigenvalue weighted by Crippen LogP contribution is -2.16. The number of hydrogen-bond donors (Lipinski definition) is 2. The fourth-order valence-electron chi connectivity index (χ4n) is 1.94. The molecule has 2 N–H and O–H groups in total. The van der Waals surface area contributed by atoms with E-state index in [1.165, 1.54) is 6.21 Å². The van der Waals surface area contributed by atoms with Crippen LogP contribution in [0, 0.1) is 0 Å². The van der Waals surface area contributed by atoms with Gasteiger partial charge in [-0.3, -0.25) is 4.79 Å². The minimum absolute atomic E-state index is 0.108. The number of hydrazone groups is 1. The standard InChI is InChI=1S/C16H18N2O2/c1-2-3-8-15(19)18-17-11-13-10-9-12-6-4-5-7-14(12)16(13)20/h4-7,9-11,20H,2-3,8H2,1H3,(H,18,19). The number of rotatable bonds is 5. The van der Waals surface area contributed by atoms with Crippen molar-refractivity contribution >= 4 is 22.9 Å². The highest BCUT2D eigenvalue weighted by Gasteiger charge is 2.04. The number of nitrogens with zero attached hydrogens (tertiary/aromatic N) is 1. The number of fused-ring (bicyclic) bond motifs is 1. The lowest BCUT2D eigenvalue weighted by atomic mass is 10.1. The van der Waals surface area contributed by atoms with E-state index in [2.05, 4.69) is 10.5 Å². The van der Waals surface area contributed by atoms with Crippen molar-refractivity contribution in [2.75, 3.05) is 0 Å². The van der Waals surface area contributed by atoms with E-state index in [0.717, 1.165) is 23.6 Å². The van der Waals surface area contributed by atoms with Gasteiger partial charge >= 0.3 is 0 Å². The van der Waals surface area contributed by atoms with Gasteiger partial charge in [0.05, 0.1) is 6.21 Å². The maximum Gasteiger partial charge on any atom is 0.240 e. The van der Waals surface area contributed by atoms with E-state index < -0.39 is 0 Å². The predicted octanol–water partition coefficient (Wildman–Crippen LogP) is 3.19. The lowest BCUT2D eigenvalue weighted by Gasteiger charge is -2.04. The third-order valence-corrected chi connectivity index (χ3v) is 3.08. The number of benzene rings is 2. The number of phenolic OH excluding ortho intramolecular Hbond substituents is 1. The molecule has 0 radical (unpaired) electrons. The lowest BCUT2D eigenvalue weighted by molar-refractivity contribution is -0.121. The van der Waals surface area contributed by atoms with Gasteiger partial charge in [0, 0.05) is 17.4 Å². The summed E-state index contributed by atoms with van der Waals surface area (Å²) in [6.07, 6.45) is 3.76. The molecule has 2 rings (SSSR count). The van der Waals surface area contributed by atoms with Crippen LogP contribution < -0.4 is 5.43 Å². The number of aromatic hydroxyl groups is 1. The molecule has 2 aromatic carbocycles. The van der Waals surface area contributed by atoms with Crippen LogP contribution in [0.4, 0.5) is 0 Å². The van der Waals surface area contributed by atoms with Crippen LogP contribution in [-0.2, 0) is 4.79 Å². The fraction of sp³-hybridized carbons (Fsp3) is 0.250. The molecule has 20 heavy (non-hydrogen) atoms. The number of unbranched alkanes of at least 4 members (excludes halogenated alkanes) is 1. The second-order valence-corrected chi connectivity index (χ2v) is 4.62. The topological polar surface area (TPSA) is 61.7 Å². The number of carbonyl (C=O) groups is 1. The number of phenols is 1. The Morgan fingerprint density at radius 3 is 2.90 bits per heavy atom. The van der Waals surface area contributed by atoms with E-state index in [0.29, 0.717) is 12.0 Å². The average molecular weight is 270 g/mol. The number of amides is 1. The predicted molar refractivity (Wildman–Crippen MR) is 80.9 cm³/mol. The van der Waals surface area contributed by atoms with E-state index in [-0.39, 0.29) is 11.7 Å². The number of carbonyl (C=O) groups excluding carboxylic acids is 1. The van der Waals surface area contributed by atoms with Gasteiger partial charge in [-0.1, -0.05) is 43.7 Å². The monoisotopic (exact) mass is 270 g/mol. The molecule has 0 spiro atoms. The molecule has 0 saturated carbocycles. The molecular formula is C16H18N2O2. The summed E-state index contributed by atoms with van der Waals surface area (Å²) in [6, 6.07) is 11.3. The quantitative estimate of drug-likeness (QED) is 0.647. The summed E-state index contributed by atoms with van der Waals surface area (Å²) in [7, 11) is 0. The highest BCUT2D eigenvalue weighted by molar-refractivity contribution is 5.97. The smallest absolute Gasteiger partial charge is 0.240 e. The fourth-order valence-corrected chi connectivity index (χ4v) is 1.94. The van der Waals surface area contributed by atoms with Gasteiger partial charge in [0.25, 0.3) is 0 Å². The molecule has 1 amide bonds. The molecule has 0 saturated heterocycles. The van der Waals surface area contributed by atoms with Crippen LogP contribution in [0.5, 0.6) is 5.75 Å². The first-order chi connectivity index (χ1) is 9.72. The van der Waals surface area contributed by atoms with Crippen molar-refractivity contribution in [1.29, 1.82) is 0 Å². The first kappa shape index (κ1) is 14.1. The molecule has 104 valence electrons. The zero-order valence-corrected chi connectivity index (χ0v) is 11.5. The minimum Gasteiger partial charge on any atom is -0.507 e. The highest BCUT2D eigenvalue weighted by atomic mass is 16.3. The molecule has 0 bridgehead atoms. The van der Waals surface area contributed by atoms with Crippen molar-refractivity contribution in [1.82, 2.24) is 5.43 Å². The van der Waals surface area contributed by atoms with Gasteiger partial charge in [-0.25, -0.2) is 5.43 Å². The average Bonchev–Trinajstić information content (AvgIpc) is 2.48. The van der Waals surface area contributed by atoms with Crippen molar-refractivity contribution in [2.45, 2.75) is 26.2 Å². The Labute approximate surface area is 118 Å². The Balaban J connectivity index is 2.10. The Bertz CT molecular complexity index is 635. The van der Waals surface area contributed by atoms with Crippen LogP contribution in [0.15, 0.2) is 41.5 Å². The van der Waals surface area contributed by atoms with Gasteiger partial charge in [-0.15, -0.1) is 0 Å². The van der Waals surface area contributed by atoms with Crippen LogP contribution in [0.2, 0.25) is 0 Å². The highest BCUT2D eigenvalue weighted by Crippen LogP contribution is 2.27. The molecule has 0 atom stereocenters. The van der Waals surface area contributed by atoms with Crippen molar-refractivity contribution in [2.24, 2.45) is 5.10 Å². The van der Waals surface area contributed by atoms with Gasteiger partial charge in [0.15, 0.2) is 0 Å². The Kier molecular flexibility index (Phi) is 4.71. The van der Waals surface area contributed by atoms with E-state index in [1.54, 1.807) is 6.07 Å². The maximum absolute atomic E-state index is 11.4. The van der Waals surface area contributed by atoms with Crippen LogP contribution in [0.25, 0.3) is 10.8 Å². The molecule has 0 aliphatic heterocycles. The second kappa shape index (κ2) is 6.70. The molecule has 0 heterocycles. The van der Waals surface area contributed by atoms with E-state index in [4.69, 9.17) is 0 Å². The van der Waals surface area contributed by atoms with Crippen molar-refractivity contribution in [3.05, 3.63) is 42.0 Å². The van der Waals surface area contributed by atoms with Crippen molar-refractivity contribution in [3.8, 4) is 5.75 Å². The molecule has 0 unspecified atom stereocenters. The Hall–Kier alpha value is -2.36. The van der Waals surface area contributed by atoms with Crippen LogP contribution in [-0.4, -0.2) is 17.2 Å².